The third kappa shape index (κ3) is 3.76. The Morgan fingerprint density at radius 2 is 1.81 bits per heavy atom. The number of aliphatic hydroxyl groups is 1. The van der Waals surface area contributed by atoms with E-state index in [2.05, 4.69) is 0 Å². The summed E-state index contributed by atoms with van der Waals surface area (Å²) in [6, 6.07) is 13.7. The smallest absolute Gasteiger partial charge is 0.298 e. The molecule has 108 valence electrons. The van der Waals surface area contributed by atoms with Crippen molar-refractivity contribution in [2.24, 2.45) is 5.73 Å². The molecule has 0 aliphatic heterocycles. The van der Waals surface area contributed by atoms with E-state index in [0.717, 1.165) is 11.8 Å². The van der Waals surface area contributed by atoms with Gasteiger partial charge in [0.15, 0.2) is 5.78 Å². The molecule has 0 atom stereocenters. The Hall–Kier alpha value is -2.95. The average Bonchev–Trinajstić information content (AvgIpc) is 2.50. The average molecular weight is 284 g/mol. The van der Waals surface area contributed by atoms with Gasteiger partial charge in [0.05, 0.1) is 6.20 Å². The summed E-state index contributed by atoms with van der Waals surface area (Å²) in [4.78, 5) is 12.2. The summed E-state index contributed by atoms with van der Waals surface area (Å²) >= 11 is 0. The van der Waals surface area contributed by atoms with E-state index in [1.165, 1.54) is 0 Å². The van der Waals surface area contributed by atoms with E-state index in [1.807, 2.05) is 18.2 Å². The summed E-state index contributed by atoms with van der Waals surface area (Å²) in [5.41, 5.74) is 12.9. The molecule has 5 nitrogen and oxygen atoms in total. The molecule has 0 fully saturated rings. The molecular formula is C16H16N2O3. The lowest BCUT2D eigenvalue weighted by Crippen LogP contribution is -2.06. The van der Waals surface area contributed by atoms with Gasteiger partial charge in [-0.25, -0.2) is 0 Å². The standard InChI is InChI=1S/C16H16N2O3/c17-10-16(20)21-13-7-5-11(6-8-13)15(19)9-12-3-1-2-4-14(12)18/h1-8,10,20H,9,17-18H2/b16-10+. The molecule has 0 unspecified atom stereocenters. The Morgan fingerprint density at radius 3 is 2.43 bits per heavy atom. The summed E-state index contributed by atoms with van der Waals surface area (Å²) in [5.74, 6) is -0.0471. The molecule has 5 heteroatoms. The van der Waals surface area contributed by atoms with Gasteiger partial charge in [0.25, 0.3) is 5.95 Å². The molecule has 0 bridgehead atoms. The lowest BCUT2D eigenvalue weighted by Gasteiger charge is -2.06. The number of carbonyl (C=O) groups is 1. The second-order valence-electron chi connectivity index (χ2n) is 4.43. The first-order chi connectivity index (χ1) is 10.1. The lowest BCUT2D eigenvalue weighted by molar-refractivity contribution is 0.0993. The fourth-order valence-electron chi connectivity index (χ4n) is 1.83. The number of nitrogens with two attached hydrogens (primary N) is 2. The summed E-state index contributed by atoms with van der Waals surface area (Å²) in [6.07, 6.45) is 1.18. The van der Waals surface area contributed by atoms with Crippen LogP contribution in [0, 0.1) is 0 Å². The molecule has 5 N–H and O–H groups in total. The number of ketones is 1. The summed E-state index contributed by atoms with van der Waals surface area (Å²) in [7, 11) is 0. The fourth-order valence-corrected chi connectivity index (χ4v) is 1.83. The topological polar surface area (TPSA) is 98.6 Å². The second-order valence-corrected chi connectivity index (χ2v) is 4.43. The Bertz CT molecular complexity index is 663. The number of hydrogen-bond acceptors (Lipinski definition) is 5. The number of rotatable bonds is 5. The molecular weight excluding hydrogens is 268 g/mol. The number of nitrogen functional groups attached to an aromatic ring is 1. The lowest BCUT2D eigenvalue weighted by atomic mass is 10.0. The van der Waals surface area contributed by atoms with Crippen LogP contribution >= 0.6 is 0 Å². The highest BCUT2D eigenvalue weighted by Crippen LogP contribution is 2.17. The van der Waals surface area contributed by atoms with Gasteiger partial charge in [-0.1, -0.05) is 18.2 Å². The minimum Gasteiger partial charge on any atom is -0.480 e. The van der Waals surface area contributed by atoms with Crippen molar-refractivity contribution in [3.63, 3.8) is 0 Å². The van der Waals surface area contributed by atoms with Gasteiger partial charge in [0.1, 0.15) is 5.75 Å². The van der Waals surface area contributed by atoms with Gasteiger partial charge in [0, 0.05) is 17.7 Å². The summed E-state index contributed by atoms with van der Waals surface area (Å²) < 4.78 is 5.00. The first kappa shape index (κ1) is 14.5. The highest BCUT2D eigenvalue weighted by atomic mass is 16.6. The molecule has 0 amide bonds. The molecule has 0 saturated heterocycles. The van der Waals surface area contributed by atoms with E-state index in [1.54, 1.807) is 30.3 Å². The highest BCUT2D eigenvalue weighted by Gasteiger charge is 2.09. The molecule has 21 heavy (non-hydrogen) atoms. The molecule has 0 saturated carbocycles. The van der Waals surface area contributed by atoms with Crippen molar-refractivity contribution >= 4 is 11.5 Å². The van der Waals surface area contributed by atoms with Crippen LogP contribution in [0.3, 0.4) is 0 Å². The van der Waals surface area contributed by atoms with Crippen molar-refractivity contribution < 1.29 is 14.6 Å². The number of anilines is 1. The zero-order chi connectivity index (χ0) is 15.2. The van der Waals surface area contributed by atoms with Crippen molar-refractivity contribution in [1.82, 2.24) is 0 Å². The molecule has 2 aromatic carbocycles. The zero-order valence-electron chi connectivity index (χ0n) is 11.3. The van der Waals surface area contributed by atoms with Crippen LogP contribution in [0.5, 0.6) is 5.75 Å². The Morgan fingerprint density at radius 1 is 1.14 bits per heavy atom. The van der Waals surface area contributed by atoms with Crippen LogP contribution in [-0.4, -0.2) is 10.9 Å². The number of Topliss-reactive ketones (excluding diaryl/α,β-unsaturated/α-hetero) is 1. The number of benzene rings is 2. The molecule has 2 rings (SSSR count). The van der Waals surface area contributed by atoms with Crippen LogP contribution in [0.4, 0.5) is 5.69 Å². The maximum absolute atomic E-state index is 12.2. The van der Waals surface area contributed by atoms with E-state index < -0.39 is 5.95 Å². The van der Waals surface area contributed by atoms with Crippen LogP contribution in [-0.2, 0) is 6.42 Å². The number of hydrogen-bond donors (Lipinski definition) is 3. The molecule has 2 aromatic rings. The normalized spacial score (nSPS) is 11.1. The van der Waals surface area contributed by atoms with Gasteiger partial charge in [0.2, 0.25) is 0 Å². The SMILES string of the molecule is N/C=C(\O)Oc1ccc(C(=O)Cc2ccccc2N)cc1. The number of carbonyl (C=O) groups excluding carboxylic acids is 1. The summed E-state index contributed by atoms with van der Waals surface area (Å²) in [6.45, 7) is 0. The van der Waals surface area contributed by atoms with Crippen LogP contribution in [0.1, 0.15) is 15.9 Å². The Labute approximate surface area is 122 Å². The van der Waals surface area contributed by atoms with Crippen LogP contribution in [0.25, 0.3) is 0 Å². The van der Waals surface area contributed by atoms with Crippen LogP contribution in [0.15, 0.2) is 60.7 Å². The molecule has 0 aromatic heterocycles. The minimum atomic E-state index is -0.397. The fraction of sp³-hybridized carbons (Fsp3) is 0.0625. The van der Waals surface area contributed by atoms with E-state index in [9.17, 15) is 4.79 Å². The molecule has 0 spiro atoms. The minimum absolute atomic E-state index is 0.0435. The van der Waals surface area contributed by atoms with Gasteiger partial charge in [-0.2, -0.15) is 0 Å². The predicted octanol–water partition coefficient (Wildman–Crippen LogP) is 2.39. The van der Waals surface area contributed by atoms with Gasteiger partial charge >= 0.3 is 0 Å². The van der Waals surface area contributed by atoms with Crippen molar-refractivity contribution in [3.05, 3.63) is 71.8 Å². The van der Waals surface area contributed by atoms with Crippen LogP contribution in [0.2, 0.25) is 0 Å². The van der Waals surface area contributed by atoms with Crippen molar-refractivity contribution in [1.29, 1.82) is 0 Å². The zero-order valence-corrected chi connectivity index (χ0v) is 11.3. The number of ether oxygens (including phenoxy) is 1. The Balaban J connectivity index is 2.08. The van der Waals surface area contributed by atoms with Gasteiger partial charge in [-0.15, -0.1) is 0 Å². The monoisotopic (exact) mass is 284 g/mol. The van der Waals surface area contributed by atoms with E-state index in [0.29, 0.717) is 17.0 Å². The van der Waals surface area contributed by atoms with Crippen LogP contribution < -0.4 is 16.2 Å². The first-order valence-electron chi connectivity index (χ1n) is 6.35. The maximum atomic E-state index is 12.2. The molecule has 0 radical (unpaired) electrons. The molecule has 0 heterocycles. The van der Waals surface area contributed by atoms with Gasteiger partial charge < -0.3 is 21.3 Å². The molecule has 0 aliphatic rings. The third-order valence-corrected chi connectivity index (χ3v) is 2.95. The largest absolute Gasteiger partial charge is 0.480 e. The van der Waals surface area contributed by atoms with Crippen molar-refractivity contribution in [2.45, 2.75) is 6.42 Å². The maximum Gasteiger partial charge on any atom is 0.298 e. The van der Waals surface area contributed by atoms with Gasteiger partial charge in [-0.05, 0) is 35.9 Å². The predicted molar refractivity (Wildman–Crippen MR) is 80.9 cm³/mol. The molecule has 0 aliphatic carbocycles. The Kier molecular flexibility index (Phi) is 4.46. The number of aliphatic hydroxyl groups excluding tert-OH is 1. The van der Waals surface area contributed by atoms with Crippen molar-refractivity contribution in [2.75, 3.05) is 5.73 Å². The first-order valence-corrected chi connectivity index (χ1v) is 6.35. The quantitative estimate of drug-likeness (QED) is 0.445. The van der Waals surface area contributed by atoms with E-state index in [4.69, 9.17) is 21.3 Å². The third-order valence-electron chi connectivity index (χ3n) is 2.95. The number of para-hydroxylation sites is 1. The van der Waals surface area contributed by atoms with Crippen molar-refractivity contribution in [3.8, 4) is 5.75 Å². The second kappa shape index (κ2) is 6.47. The van der Waals surface area contributed by atoms with E-state index >= 15 is 0 Å². The van der Waals surface area contributed by atoms with E-state index in [-0.39, 0.29) is 12.2 Å². The highest BCUT2D eigenvalue weighted by molar-refractivity contribution is 5.98. The summed E-state index contributed by atoms with van der Waals surface area (Å²) in [5, 5.41) is 9.15. The van der Waals surface area contributed by atoms with Gasteiger partial charge in [-0.3, -0.25) is 4.79 Å².